The minimum Gasteiger partial charge on any atom is -0.299 e. The third-order valence-corrected chi connectivity index (χ3v) is 4.82. The second-order valence-corrected chi connectivity index (χ2v) is 4.93. The van der Waals surface area contributed by atoms with Gasteiger partial charge in [-0.2, -0.15) is 0 Å². The van der Waals surface area contributed by atoms with Crippen molar-refractivity contribution in [2.24, 2.45) is 23.7 Å². The predicted octanol–water partition coefficient (Wildman–Crippen LogP) is 1.60. The van der Waals surface area contributed by atoms with Crippen molar-refractivity contribution in [3.63, 3.8) is 0 Å². The van der Waals surface area contributed by atoms with Crippen molar-refractivity contribution in [3.05, 3.63) is 0 Å². The molecular formula is C8H9BrO. The topological polar surface area (TPSA) is 17.1 Å². The first-order chi connectivity index (χ1) is 4.79. The maximum absolute atomic E-state index is 11.2. The van der Waals surface area contributed by atoms with Crippen molar-refractivity contribution in [1.82, 2.24) is 0 Å². The van der Waals surface area contributed by atoms with Crippen LogP contribution in [0.1, 0.15) is 12.8 Å². The maximum atomic E-state index is 11.2. The standard InChI is InChI=1S/C8H9BrO/c9-8-3-1-4-6(7(4)8)5(10)2-3/h3-4,6-8H,1-2H2. The lowest BCUT2D eigenvalue weighted by Gasteiger charge is -2.24. The molecule has 4 rings (SSSR count). The van der Waals surface area contributed by atoms with Crippen LogP contribution in [0.5, 0.6) is 0 Å². The fourth-order valence-corrected chi connectivity index (χ4v) is 4.10. The summed E-state index contributed by atoms with van der Waals surface area (Å²) >= 11 is 3.68. The van der Waals surface area contributed by atoms with E-state index < -0.39 is 0 Å². The van der Waals surface area contributed by atoms with Crippen LogP contribution in [0, 0.1) is 23.7 Å². The molecule has 4 saturated carbocycles. The number of ketones is 1. The van der Waals surface area contributed by atoms with E-state index in [1.165, 1.54) is 6.42 Å². The highest BCUT2D eigenvalue weighted by Gasteiger charge is 2.67. The molecule has 10 heavy (non-hydrogen) atoms. The lowest BCUT2D eigenvalue weighted by molar-refractivity contribution is -0.123. The fourth-order valence-electron chi connectivity index (χ4n) is 2.98. The van der Waals surface area contributed by atoms with Gasteiger partial charge in [0.1, 0.15) is 5.78 Å². The minimum absolute atomic E-state index is 0.495. The van der Waals surface area contributed by atoms with Gasteiger partial charge in [0.2, 0.25) is 0 Å². The van der Waals surface area contributed by atoms with Crippen molar-refractivity contribution in [2.75, 3.05) is 0 Å². The van der Waals surface area contributed by atoms with Crippen LogP contribution in [0.4, 0.5) is 0 Å². The lowest BCUT2D eigenvalue weighted by atomic mass is 9.85. The van der Waals surface area contributed by atoms with Gasteiger partial charge in [-0.1, -0.05) is 15.9 Å². The van der Waals surface area contributed by atoms with Crippen molar-refractivity contribution < 1.29 is 4.79 Å². The van der Waals surface area contributed by atoms with Crippen molar-refractivity contribution >= 4 is 21.7 Å². The monoisotopic (exact) mass is 200 g/mol. The number of rotatable bonds is 0. The van der Waals surface area contributed by atoms with Crippen LogP contribution in [-0.2, 0) is 4.79 Å². The molecule has 0 saturated heterocycles. The van der Waals surface area contributed by atoms with Crippen molar-refractivity contribution in [3.8, 4) is 0 Å². The van der Waals surface area contributed by atoms with Gasteiger partial charge in [0, 0.05) is 17.2 Å². The molecule has 0 aromatic heterocycles. The van der Waals surface area contributed by atoms with Gasteiger partial charge < -0.3 is 0 Å². The number of Topliss-reactive ketones (excluding diaryl/α,β-unsaturated/α-hetero) is 1. The van der Waals surface area contributed by atoms with E-state index in [0.29, 0.717) is 22.4 Å². The predicted molar refractivity (Wildman–Crippen MR) is 40.9 cm³/mol. The normalized spacial score (nSPS) is 62.9. The Balaban J connectivity index is 2.01. The summed E-state index contributed by atoms with van der Waals surface area (Å²) in [6.45, 7) is 0. The van der Waals surface area contributed by atoms with Crippen LogP contribution >= 0.6 is 15.9 Å². The van der Waals surface area contributed by atoms with Crippen LogP contribution < -0.4 is 0 Å². The van der Waals surface area contributed by atoms with Crippen molar-refractivity contribution in [1.29, 1.82) is 0 Å². The average molecular weight is 201 g/mol. The molecule has 0 N–H and O–H groups in total. The highest BCUT2D eigenvalue weighted by atomic mass is 79.9. The maximum Gasteiger partial charge on any atom is 0.136 e. The van der Waals surface area contributed by atoms with Crippen LogP contribution in [-0.4, -0.2) is 10.6 Å². The molecular weight excluding hydrogens is 192 g/mol. The number of alkyl halides is 1. The molecule has 1 nitrogen and oxygen atoms in total. The average Bonchev–Trinajstić information content (AvgIpc) is 2.54. The highest BCUT2D eigenvalue weighted by molar-refractivity contribution is 9.09. The number of hydrogen-bond acceptors (Lipinski definition) is 1. The molecule has 0 heterocycles. The molecule has 0 aliphatic heterocycles. The first-order valence-corrected chi connectivity index (χ1v) is 4.87. The number of carbonyl (C=O) groups excluding carboxylic acids is 1. The summed E-state index contributed by atoms with van der Waals surface area (Å²) in [6, 6.07) is 0. The highest BCUT2D eigenvalue weighted by Crippen LogP contribution is 2.67. The Bertz CT molecular complexity index is 211. The molecule has 5 atom stereocenters. The van der Waals surface area contributed by atoms with Crippen LogP contribution in [0.15, 0.2) is 0 Å². The Morgan fingerprint density at radius 3 is 2.70 bits per heavy atom. The Hall–Kier alpha value is 0.150. The molecule has 4 aliphatic carbocycles. The zero-order valence-corrected chi connectivity index (χ0v) is 7.17. The second-order valence-electron chi connectivity index (χ2n) is 3.88. The lowest BCUT2D eigenvalue weighted by Crippen LogP contribution is -2.27. The third-order valence-electron chi connectivity index (χ3n) is 3.46. The second kappa shape index (κ2) is 1.50. The first-order valence-electron chi connectivity index (χ1n) is 3.96. The smallest absolute Gasteiger partial charge is 0.136 e. The number of halogens is 1. The van der Waals surface area contributed by atoms with E-state index in [4.69, 9.17) is 0 Å². The van der Waals surface area contributed by atoms with Gasteiger partial charge in [-0.05, 0) is 24.2 Å². The zero-order valence-electron chi connectivity index (χ0n) is 5.59. The Kier molecular flexibility index (Phi) is 0.862. The molecule has 4 fully saturated rings. The molecule has 0 aromatic carbocycles. The summed E-state index contributed by atoms with van der Waals surface area (Å²) in [4.78, 5) is 11.9. The van der Waals surface area contributed by atoms with Gasteiger partial charge in [-0.15, -0.1) is 0 Å². The summed E-state index contributed by atoms with van der Waals surface area (Å²) in [5.74, 6) is 3.31. The van der Waals surface area contributed by atoms with Crippen LogP contribution in [0.25, 0.3) is 0 Å². The Morgan fingerprint density at radius 1 is 1.50 bits per heavy atom. The van der Waals surface area contributed by atoms with Gasteiger partial charge in [0.15, 0.2) is 0 Å². The molecule has 5 unspecified atom stereocenters. The van der Waals surface area contributed by atoms with Gasteiger partial charge in [0.25, 0.3) is 0 Å². The molecule has 4 aliphatic rings. The Labute approximate surface area is 68.3 Å². The molecule has 0 radical (unpaired) electrons. The van der Waals surface area contributed by atoms with E-state index in [0.717, 1.165) is 18.3 Å². The summed E-state index contributed by atoms with van der Waals surface area (Å²) in [7, 11) is 0. The van der Waals surface area contributed by atoms with Crippen molar-refractivity contribution in [2.45, 2.75) is 17.7 Å². The molecule has 4 bridgehead atoms. The minimum atomic E-state index is 0.495. The quantitative estimate of drug-likeness (QED) is 0.544. The molecule has 0 aromatic rings. The molecule has 2 heteroatoms. The van der Waals surface area contributed by atoms with E-state index in [2.05, 4.69) is 15.9 Å². The summed E-state index contributed by atoms with van der Waals surface area (Å²) < 4.78 is 0. The van der Waals surface area contributed by atoms with E-state index in [1.54, 1.807) is 0 Å². The van der Waals surface area contributed by atoms with E-state index in [1.807, 2.05) is 0 Å². The number of hydrogen-bond donors (Lipinski definition) is 0. The van der Waals surface area contributed by atoms with Gasteiger partial charge >= 0.3 is 0 Å². The largest absolute Gasteiger partial charge is 0.299 e. The number of carbonyl (C=O) groups is 1. The fraction of sp³-hybridized carbons (Fsp3) is 0.875. The van der Waals surface area contributed by atoms with Crippen LogP contribution in [0.2, 0.25) is 0 Å². The van der Waals surface area contributed by atoms with Gasteiger partial charge in [-0.3, -0.25) is 4.79 Å². The van der Waals surface area contributed by atoms with E-state index >= 15 is 0 Å². The molecule has 54 valence electrons. The Morgan fingerprint density at radius 2 is 2.30 bits per heavy atom. The summed E-state index contributed by atoms with van der Waals surface area (Å²) in [5.41, 5.74) is 0. The van der Waals surface area contributed by atoms with Gasteiger partial charge in [-0.25, -0.2) is 0 Å². The summed E-state index contributed by atoms with van der Waals surface area (Å²) in [6.07, 6.45) is 2.20. The number of fused-ring (bicyclic) bond motifs is 1. The van der Waals surface area contributed by atoms with Crippen LogP contribution in [0.3, 0.4) is 0 Å². The van der Waals surface area contributed by atoms with E-state index in [-0.39, 0.29) is 0 Å². The molecule has 0 spiro atoms. The molecule has 0 amide bonds. The summed E-state index contributed by atoms with van der Waals surface area (Å²) in [5, 5.41) is 0. The first kappa shape index (κ1) is 5.76. The SMILES string of the molecule is O=C1CC2CC3C1C3C2Br. The van der Waals surface area contributed by atoms with E-state index in [9.17, 15) is 4.79 Å². The van der Waals surface area contributed by atoms with Gasteiger partial charge in [0.05, 0.1) is 0 Å². The zero-order chi connectivity index (χ0) is 6.88. The third kappa shape index (κ3) is 0.458.